The highest BCUT2D eigenvalue weighted by Crippen LogP contribution is 2.27. The number of nitrogens with two attached hydrogens (primary N) is 1. The van der Waals surface area contributed by atoms with E-state index in [2.05, 4.69) is 21.2 Å². The molecule has 0 saturated carbocycles. The van der Waals surface area contributed by atoms with Crippen molar-refractivity contribution in [3.05, 3.63) is 34.1 Å². The Hall–Kier alpha value is -0.450. The molecule has 0 radical (unpaired) electrons. The largest absolute Gasteiger partial charge is 0.328 e. The summed E-state index contributed by atoms with van der Waals surface area (Å²) in [7, 11) is 0. The number of nitrogens with one attached hydrogen (secondary N) is 1. The number of hydrogen-bond acceptors (Lipinski definition) is 2. The summed E-state index contributed by atoms with van der Waals surface area (Å²) in [6.07, 6.45) is 0.928. The Morgan fingerprint density at radius 1 is 1.44 bits per heavy atom. The third-order valence-corrected chi connectivity index (χ3v) is 3.49. The minimum absolute atomic E-state index is 0.155. The first kappa shape index (κ1) is 15.6. The molecule has 0 fully saturated rings. The Kier molecular flexibility index (Phi) is 5.76. The van der Waals surface area contributed by atoms with Crippen molar-refractivity contribution in [3.63, 3.8) is 0 Å². The van der Waals surface area contributed by atoms with Crippen LogP contribution in [0, 0.1) is 5.82 Å². The highest BCUT2D eigenvalue weighted by atomic mass is 79.9. The predicted molar refractivity (Wildman–Crippen MR) is 78.3 cm³/mol. The van der Waals surface area contributed by atoms with E-state index in [0.717, 1.165) is 29.5 Å². The van der Waals surface area contributed by atoms with Crippen LogP contribution in [-0.2, 0) is 5.41 Å². The van der Waals surface area contributed by atoms with Gasteiger partial charge in [0.15, 0.2) is 0 Å². The molecule has 0 spiro atoms. The summed E-state index contributed by atoms with van der Waals surface area (Å²) >= 11 is 3.39. The quantitative estimate of drug-likeness (QED) is 0.791. The van der Waals surface area contributed by atoms with Crippen LogP contribution in [-0.4, -0.2) is 19.1 Å². The van der Waals surface area contributed by atoms with Crippen molar-refractivity contribution >= 4 is 15.9 Å². The van der Waals surface area contributed by atoms with Crippen molar-refractivity contribution in [2.75, 3.05) is 13.1 Å². The van der Waals surface area contributed by atoms with Crippen molar-refractivity contribution in [3.8, 4) is 0 Å². The molecule has 1 atom stereocenters. The molecule has 4 heteroatoms. The van der Waals surface area contributed by atoms with Crippen LogP contribution in [0.2, 0.25) is 0 Å². The molecule has 0 aliphatic rings. The van der Waals surface area contributed by atoms with E-state index in [0.29, 0.717) is 0 Å². The van der Waals surface area contributed by atoms with Gasteiger partial charge in [0.25, 0.3) is 0 Å². The van der Waals surface area contributed by atoms with Gasteiger partial charge in [-0.3, -0.25) is 0 Å². The van der Waals surface area contributed by atoms with Gasteiger partial charge in [0.1, 0.15) is 5.82 Å². The molecule has 18 heavy (non-hydrogen) atoms. The normalized spacial score (nSPS) is 13.7. The number of benzene rings is 1. The SMILES string of the molecule is CC(N)CCNCC(C)(C)c1cc(Br)ccc1F. The van der Waals surface area contributed by atoms with Crippen LogP contribution in [0.4, 0.5) is 4.39 Å². The van der Waals surface area contributed by atoms with Gasteiger partial charge in [0.2, 0.25) is 0 Å². The van der Waals surface area contributed by atoms with Gasteiger partial charge in [0.05, 0.1) is 0 Å². The standard InChI is InChI=1S/C14H22BrFN2/c1-10(17)6-7-18-9-14(2,3)12-8-11(15)4-5-13(12)16/h4-5,8,10,18H,6-7,9,17H2,1-3H3. The van der Waals surface area contributed by atoms with Crippen LogP contribution in [0.5, 0.6) is 0 Å². The number of hydrogen-bond donors (Lipinski definition) is 2. The molecule has 0 amide bonds. The first-order valence-electron chi connectivity index (χ1n) is 6.25. The van der Waals surface area contributed by atoms with E-state index in [4.69, 9.17) is 5.73 Å². The Morgan fingerprint density at radius 3 is 2.72 bits per heavy atom. The topological polar surface area (TPSA) is 38.0 Å². The maximum absolute atomic E-state index is 13.8. The highest BCUT2D eigenvalue weighted by Gasteiger charge is 2.23. The Labute approximate surface area is 117 Å². The predicted octanol–water partition coefficient (Wildman–Crippen LogP) is 3.19. The van der Waals surface area contributed by atoms with Gasteiger partial charge in [-0.15, -0.1) is 0 Å². The zero-order valence-electron chi connectivity index (χ0n) is 11.3. The minimum atomic E-state index is -0.244. The zero-order chi connectivity index (χ0) is 13.8. The van der Waals surface area contributed by atoms with E-state index in [1.54, 1.807) is 6.07 Å². The van der Waals surface area contributed by atoms with Crippen molar-refractivity contribution < 1.29 is 4.39 Å². The van der Waals surface area contributed by atoms with Crippen molar-refractivity contribution in [1.82, 2.24) is 5.32 Å². The molecule has 3 N–H and O–H groups in total. The van der Waals surface area contributed by atoms with Crippen molar-refractivity contribution in [1.29, 1.82) is 0 Å². The van der Waals surface area contributed by atoms with Crippen molar-refractivity contribution in [2.24, 2.45) is 5.73 Å². The number of halogens is 2. The van der Waals surface area contributed by atoms with E-state index in [-0.39, 0.29) is 17.3 Å². The fraction of sp³-hybridized carbons (Fsp3) is 0.571. The second-order valence-electron chi connectivity index (χ2n) is 5.45. The van der Waals surface area contributed by atoms with Crippen LogP contribution in [0.1, 0.15) is 32.8 Å². The van der Waals surface area contributed by atoms with E-state index >= 15 is 0 Å². The molecular weight excluding hydrogens is 295 g/mol. The summed E-state index contributed by atoms with van der Waals surface area (Å²) in [6, 6.07) is 5.27. The van der Waals surface area contributed by atoms with E-state index in [9.17, 15) is 4.39 Å². The van der Waals surface area contributed by atoms with Crippen LogP contribution in [0.3, 0.4) is 0 Å². The average Bonchev–Trinajstić information content (AvgIpc) is 2.27. The lowest BCUT2D eigenvalue weighted by Gasteiger charge is -2.26. The monoisotopic (exact) mass is 316 g/mol. The fourth-order valence-electron chi connectivity index (χ4n) is 1.84. The lowest BCUT2D eigenvalue weighted by atomic mass is 9.84. The summed E-state index contributed by atoms with van der Waals surface area (Å²) in [5.74, 6) is -0.155. The summed E-state index contributed by atoms with van der Waals surface area (Å²) in [5, 5.41) is 3.34. The van der Waals surface area contributed by atoms with E-state index in [1.807, 2.05) is 26.8 Å². The molecule has 0 aliphatic heterocycles. The first-order chi connectivity index (χ1) is 8.33. The number of rotatable bonds is 6. The molecule has 1 aromatic rings. The molecule has 102 valence electrons. The maximum atomic E-state index is 13.8. The molecule has 0 aromatic heterocycles. The second-order valence-corrected chi connectivity index (χ2v) is 6.37. The Morgan fingerprint density at radius 2 is 2.11 bits per heavy atom. The van der Waals surface area contributed by atoms with Gasteiger partial charge in [0, 0.05) is 22.5 Å². The van der Waals surface area contributed by atoms with Gasteiger partial charge in [-0.25, -0.2) is 4.39 Å². The molecule has 0 aliphatic carbocycles. The van der Waals surface area contributed by atoms with Crippen LogP contribution >= 0.6 is 15.9 Å². The molecule has 0 saturated heterocycles. The minimum Gasteiger partial charge on any atom is -0.328 e. The molecule has 1 rings (SSSR count). The first-order valence-corrected chi connectivity index (χ1v) is 7.04. The third-order valence-electron chi connectivity index (χ3n) is 3.00. The lowest BCUT2D eigenvalue weighted by molar-refractivity contribution is 0.437. The molecule has 0 bridgehead atoms. The molecular formula is C14H22BrFN2. The van der Waals surface area contributed by atoms with Crippen molar-refractivity contribution in [2.45, 2.75) is 38.6 Å². The summed E-state index contributed by atoms with van der Waals surface area (Å²) in [6.45, 7) is 7.65. The molecule has 1 unspecified atom stereocenters. The Bertz CT molecular complexity index is 391. The van der Waals surface area contributed by atoms with Crippen LogP contribution in [0.25, 0.3) is 0 Å². The highest BCUT2D eigenvalue weighted by molar-refractivity contribution is 9.10. The van der Waals surface area contributed by atoms with Gasteiger partial charge in [-0.05, 0) is 43.7 Å². The third kappa shape index (κ3) is 4.67. The van der Waals surface area contributed by atoms with E-state index in [1.165, 1.54) is 6.07 Å². The fourth-order valence-corrected chi connectivity index (χ4v) is 2.20. The van der Waals surface area contributed by atoms with Gasteiger partial charge in [-0.2, -0.15) is 0 Å². The zero-order valence-corrected chi connectivity index (χ0v) is 12.8. The van der Waals surface area contributed by atoms with Crippen LogP contribution in [0.15, 0.2) is 22.7 Å². The maximum Gasteiger partial charge on any atom is 0.127 e. The lowest BCUT2D eigenvalue weighted by Crippen LogP contribution is -2.35. The van der Waals surface area contributed by atoms with Crippen LogP contribution < -0.4 is 11.1 Å². The van der Waals surface area contributed by atoms with Gasteiger partial charge >= 0.3 is 0 Å². The summed E-state index contributed by atoms with van der Waals surface area (Å²) in [4.78, 5) is 0. The Balaban J connectivity index is 2.64. The second kappa shape index (κ2) is 6.64. The molecule has 0 heterocycles. The average molecular weight is 317 g/mol. The molecule has 1 aromatic carbocycles. The van der Waals surface area contributed by atoms with Gasteiger partial charge < -0.3 is 11.1 Å². The molecule has 2 nitrogen and oxygen atoms in total. The van der Waals surface area contributed by atoms with E-state index < -0.39 is 0 Å². The smallest absolute Gasteiger partial charge is 0.127 e. The summed E-state index contributed by atoms with van der Waals surface area (Å²) < 4.78 is 14.7. The van der Waals surface area contributed by atoms with Gasteiger partial charge in [-0.1, -0.05) is 29.8 Å². The summed E-state index contributed by atoms with van der Waals surface area (Å²) in [5.41, 5.74) is 6.17.